The molecule has 0 amide bonds. The Bertz CT molecular complexity index is 891. The summed E-state index contributed by atoms with van der Waals surface area (Å²) in [6, 6.07) is 8.85. The van der Waals surface area contributed by atoms with E-state index in [1.165, 1.54) is 18.1 Å². The number of benzene rings is 1. The highest BCUT2D eigenvalue weighted by Crippen LogP contribution is 2.51. The maximum Gasteiger partial charge on any atom is 0.303 e. The first-order valence-corrected chi connectivity index (χ1v) is 13.2. The Labute approximate surface area is 206 Å². The lowest BCUT2D eigenvalue weighted by Crippen LogP contribution is -2.56. The number of hydrogen-bond donors (Lipinski definition) is 1. The molecule has 3 aliphatic rings. The Morgan fingerprint density at radius 3 is 2.56 bits per heavy atom. The van der Waals surface area contributed by atoms with Crippen LogP contribution < -0.4 is 0 Å². The van der Waals surface area contributed by atoms with Crippen molar-refractivity contribution in [3.8, 4) is 0 Å². The Morgan fingerprint density at radius 1 is 1.18 bits per heavy atom. The summed E-state index contributed by atoms with van der Waals surface area (Å²) >= 11 is 0. The number of aryl methyl sites for hydroxylation is 1. The van der Waals surface area contributed by atoms with Gasteiger partial charge in [0.25, 0.3) is 0 Å². The van der Waals surface area contributed by atoms with Crippen LogP contribution in [0.3, 0.4) is 0 Å². The van der Waals surface area contributed by atoms with E-state index in [1.54, 1.807) is 0 Å². The van der Waals surface area contributed by atoms with Gasteiger partial charge in [0.2, 0.25) is 0 Å². The van der Waals surface area contributed by atoms with Crippen molar-refractivity contribution in [3.05, 3.63) is 47.0 Å². The van der Waals surface area contributed by atoms with Crippen molar-refractivity contribution in [2.45, 2.75) is 72.1 Å². The fraction of sp³-hybridized carbons (Fsp3) is 0.690. The Morgan fingerprint density at radius 2 is 1.88 bits per heavy atom. The average Bonchev–Trinajstić information content (AvgIpc) is 2.77. The van der Waals surface area contributed by atoms with E-state index in [1.807, 2.05) is 0 Å². The van der Waals surface area contributed by atoms with Gasteiger partial charge in [0.15, 0.2) is 0 Å². The van der Waals surface area contributed by atoms with E-state index in [2.05, 4.69) is 67.8 Å². The van der Waals surface area contributed by atoms with Crippen LogP contribution >= 0.6 is 0 Å². The molecule has 5 nitrogen and oxygen atoms in total. The molecule has 1 saturated heterocycles. The van der Waals surface area contributed by atoms with Crippen molar-refractivity contribution in [1.29, 1.82) is 0 Å². The van der Waals surface area contributed by atoms with Gasteiger partial charge < -0.3 is 14.7 Å². The summed E-state index contributed by atoms with van der Waals surface area (Å²) in [5.74, 6) is 1.06. The molecule has 0 radical (unpaired) electrons. The predicted molar refractivity (Wildman–Crippen MR) is 136 cm³/mol. The van der Waals surface area contributed by atoms with Crippen LogP contribution in [0.2, 0.25) is 0 Å². The Balaban J connectivity index is 1.36. The molecule has 0 aromatic heterocycles. The number of hydrogen-bond acceptors (Lipinski definition) is 5. The van der Waals surface area contributed by atoms with Crippen LogP contribution in [0.25, 0.3) is 0 Å². The highest BCUT2D eigenvalue weighted by Gasteiger charge is 2.52. The molecule has 1 unspecified atom stereocenters. The van der Waals surface area contributed by atoms with E-state index < -0.39 is 5.60 Å². The third-order valence-corrected chi connectivity index (χ3v) is 8.83. The highest BCUT2D eigenvalue weighted by atomic mass is 16.5. The van der Waals surface area contributed by atoms with Crippen molar-refractivity contribution in [1.82, 2.24) is 9.80 Å². The number of nitrogens with zero attached hydrogens (tertiary/aromatic N) is 2. The van der Waals surface area contributed by atoms with E-state index in [9.17, 15) is 9.90 Å². The van der Waals surface area contributed by atoms with Gasteiger partial charge in [-0.05, 0) is 55.6 Å². The zero-order valence-corrected chi connectivity index (χ0v) is 21.8. The quantitative estimate of drug-likeness (QED) is 0.495. The summed E-state index contributed by atoms with van der Waals surface area (Å²) in [4.78, 5) is 16.8. The smallest absolute Gasteiger partial charge is 0.303 e. The van der Waals surface area contributed by atoms with Crippen LogP contribution in [0.5, 0.6) is 0 Å². The zero-order chi connectivity index (χ0) is 24.5. The Hall–Kier alpha value is -1.69. The highest BCUT2D eigenvalue weighted by molar-refractivity contribution is 5.66. The van der Waals surface area contributed by atoms with E-state index in [4.69, 9.17) is 4.74 Å². The lowest BCUT2D eigenvalue weighted by molar-refractivity contribution is -0.159. The van der Waals surface area contributed by atoms with Gasteiger partial charge in [-0.2, -0.15) is 0 Å². The molecular formula is C29H44N2O3. The van der Waals surface area contributed by atoms with Gasteiger partial charge in [-0.15, -0.1) is 0 Å². The predicted octanol–water partition coefficient (Wildman–Crippen LogP) is 4.42. The second-order valence-corrected chi connectivity index (χ2v) is 11.4. The molecule has 188 valence electrons. The van der Waals surface area contributed by atoms with Crippen LogP contribution in [0.15, 0.2) is 35.9 Å². The van der Waals surface area contributed by atoms with Gasteiger partial charge >= 0.3 is 5.97 Å². The molecule has 1 N–H and O–H groups in total. The van der Waals surface area contributed by atoms with Gasteiger partial charge in [0.05, 0.1) is 5.60 Å². The topological polar surface area (TPSA) is 53.0 Å². The number of ether oxygens (including phenoxy) is 1. The molecule has 5 heteroatoms. The maximum atomic E-state index is 11.8. The monoisotopic (exact) mass is 468 g/mol. The van der Waals surface area contributed by atoms with Gasteiger partial charge in [-0.3, -0.25) is 9.69 Å². The van der Waals surface area contributed by atoms with Crippen molar-refractivity contribution in [3.63, 3.8) is 0 Å². The molecule has 0 spiro atoms. The molecule has 34 heavy (non-hydrogen) atoms. The van der Waals surface area contributed by atoms with Crippen LogP contribution in [0.1, 0.15) is 58.1 Å². The molecule has 1 aromatic carbocycles. The van der Waals surface area contributed by atoms with Crippen molar-refractivity contribution < 1.29 is 14.6 Å². The summed E-state index contributed by atoms with van der Waals surface area (Å²) in [5, 5.41) is 11.8. The molecule has 1 aliphatic heterocycles. The van der Waals surface area contributed by atoms with Gasteiger partial charge in [0.1, 0.15) is 6.10 Å². The molecule has 2 fully saturated rings. The number of carbonyl (C=O) groups is 1. The molecular weight excluding hydrogens is 424 g/mol. The van der Waals surface area contributed by atoms with Crippen LogP contribution in [-0.4, -0.2) is 65.3 Å². The molecule has 1 aromatic rings. The second kappa shape index (κ2) is 10.5. The summed E-state index contributed by atoms with van der Waals surface area (Å²) in [5.41, 5.74) is 3.05. The lowest BCUT2D eigenvalue weighted by atomic mass is 9.57. The largest absolute Gasteiger partial charge is 0.458 e. The SMILES string of the molecule is CC(=O)O[C@@H]1C[C@@]2(O)[C@H](C)CC[C@@H](C(C)CN3CCN(Cc4cccc(C)c4)CC3)[C@H]2C=C1C. The number of carbonyl (C=O) groups excluding carboxylic acids is 1. The van der Waals surface area contributed by atoms with Crippen LogP contribution in [0, 0.1) is 30.6 Å². The zero-order valence-electron chi connectivity index (χ0n) is 21.8. The number of aliphatic hydroxyl groups is 1. The van der Waals surface area contributed by atoms with E-state index in [0.717, 1.165) is 57.7 Å². The summed E-state index contributed by atoms with van der Waals surface area (Å²) in [6.07, 6.45) is 4.67. The number of rotatable bonds is 6. The lowest BCUT2D eigenvalue weighted by Gasteiger charge is -2.53. The maximum absolute atomic E-state index is 11.8. The fourth-order valence-corrected chi connectivity index (χ4v) is 6.74. The van der Waals surface area contributed by atoms with Gasteiger partial charge in [-0.25, -0.2) is 0 Å². The molecule has 0 bridgehead atoms. The third-order valence-electron chi connectivity index (χ3n) is 8.83. The van der Waals surface area contributed by atoms with E-state index in [-0.39, 0.29) is 23.9 Å². The first kappa shape index (κ1) is 25.4. The van der Waals surface area contributed by atoms with E-state index in [0.29, 0.717) is 18.3 Å². The first-order valence-electron chi connectivity index (χ1n) is 13.2. The minimum Gasteiger partial charge on any atom is -0.458 e. The van der Waals surface area contributed by atoms with Crippen molar-refractivity contribution in [2.75, 3.05) is 32.7 Å². The Kier molecular flexibility index (Phi) is 7.85. The third kappa shape index (κ3) is 5.58. The normalized spacial score (nSPS) is 33.6. The fourth-order valence-electron chi connectivity index (χ4n) is 6.74. The summed E-state index contributed by atoms with van der Waals surface area (Å²) in [7, 11) is 0. The van der Waals surface area contributed by atoms with Crippen molar-refractivity contribution in [2.24, 2.45) is 23.7 Å². The van der Waals surface area contributed by atoms with E-state index >= 15 is 0 Å². The van der Waals surface area contributed by atoms with Crippen molar-refractivity contribution >= 4 is 5.97 Å². The molecule has 2 aliphatic carbocycles. The van der Waals surface area contributed by atoms with Crippen LogP contribution in [-0.2, 0) is 16.1 Å². The molecule has 1 heterocycles. The second-order valence-electron chi connectivity index (χ2n) is 11.4. The summed E-state index contributed by atoms with van der Waals surface area (Å²) < 4.78 is 5.56. The minimum absolute atomic E-state index is 0.140. The first-order chi connectivity index (χ1) is 16.2. The van der Waals surface area contributed by atoms with Gasteiger partial charge in [-0.1, -0.05) is 49.8 Å². The molecule has 6 atom stereocenters. The molecule has 4 rings (SSSR count). The molecule has 1 saturated carbocycles. The number of fused-ring (bicyclic) bond motifs is 1. The number of piperazine rings is 1. The van der Waals surface area contributed by atoms with Gasteiger partial charge in [0, 0.05) is 58.5 Å². The van der Waals surface area contributed by atoms with Crippen LogP contribution in [0.4, 0.5) is 0 Å². The average molecular weight is 469 g/mol. The standard InChI is InChI=1S/C29H44N2O3/c1-20-7-6-8-25(15-20)19-31-13-11-30(12-14-31)18-22(3)26-10-9-23(4)29(33)17-28(34-24(5)32)21(2)16-27(26)29/h6-8,15-16,22-23,26-28,33H,9-14,17-19H2,1-5H3/t22?,23-,26+,27-,28-,29-/m1/s1. The number of esters is 1. The summed E-state index contributed by atoms with van der Waals surface area (Å²) in [6.45, 7) is 16.8. The minimum atomic E-state index is -0.788.